The molecule has 3 rings (SSSR count). The fourth-order valence-electron chi connectivity index (χ4n) is 2.96. The summed E-state index contributed by atoms with van der Waals surface area (Å²) in [6.07, 6.45) is -1.13. The molecule has 0 aliphatic carbocycles. The third-order valence-electron chi connectivity index (χ3n) is 4.07. The molecule has 0 aromatic carbocycles. The van der Waals surface area contributed by atoms with Crippen LogP contribution in [0.25, 0.3) is 10.6 Å². The van der Waals surface area contributed by atoms with Crippen LogP contribution >= 0.6 is 23.1 Å². The summed E-state index contributed by atoms with van der Waals surface area (Å²) in [4.78, 5) is 40.2. The molecule has 0 unspecified atom stereocenters. The zero-order valence-electron chi connectivity index (χ0n) is 16.6. The number of pyridine rings is 1. The molecule has 0 N–H and O–H groups in total. The number of hydrogen-bond acceptors (Lipinski definition) is 10. The first-order valence-corrected chi connectivity index (χ1v) is 11.1. The first-order chi connectivity index (χ1) is 14.3. The van der Waals surface area contributed by atoms with Gasteiger partial charge in [-0.2, -0.15) is 0 Å². The number of thiophene rings is 1. The zero-order valence-corrected chi connectivity index (χ0v) is 18.2. The molecule has 3 heterocycles. The van der Waals surface area contributed by atoms with E-state index in [9.17, 15) is 14.4 Å². The van der Waals surface area contributed by atoms with E-state index in [4.69, 9.17) is 18.9 Å². The number of carbonyl (C=O) groups is 3. The number of carbonyl (C=O) groups excluding carboxylic acids is 3. The van der Waals surface area contributed by atoms with Crippen molar-refractivity contribution in [2.24, 2.45) is 0 Å². The van der Waals surface area contributed by atoms with E-state index >= 15 is 0 Å². The molecule has 2 aromatic rings. The van der Waals surface area contributed by atoms with E-state index in [0.29, 0.717) is 11.5 Å². The number of rotatable bonds is 6. The maximum atomic E-state index is 11.7. The van der Waals surface area contributed by atoms with Gasteiger partial charge in [0.05, 0.1) is 16.8 Å². The van der Waals surface area contributed by atoms with E-state index in [-0.39, 0.29) is 0 Å². The summed E-state index contributed by atoms with van der Waals surface area (Å²) in [6.45, 7) is 3.75. The van der Waals surface area contributed by atoms with E-state index in [2.05, 4.69) is 4.98 Å². The normalized spacial score (nSPS) is 23.3. The lowest BCUT2D eigenvalue weighted by Crippen LogP contribution is -2.55. The van der Waals surface area contributed by atoms with Crippen LogP contribution in [0.1, 0.15) is 20.8 Å². The summed E-state index contributed by atoms with van der Waals surface area (Å²) in [5.74, 6) is -0.895. The third kappa shape index (κ3) is 5.73. The average molecular weight is 452 g/mol. The molecule has 0 amide bonds. The van der Waals surface area contributed by atoms with Gasteiger partial charge in [-0.1, -0.05) is 6.07 Å². The number of nitrogens with zero attached hydrogens (tertiary/aromatic N) is 1. The summed E-state index contributed by atoms with van der Waals surface area (Å²) in [6, 6.07) is 7.52. The SMILES string of the molecule is CC(=O)O[C@@H]1[C@@H](OC(C)=O)[C@@H](Oc2ccc(-c3cccs3)nc2)SC[C@H]1OC(C)=O. The molecule has 160 valence electrons. The molecule has 1 aliphatic rings. The Morgan fingerprint density at radius 2 is 1.67 bits per heavy atom. The third-order valence-corrected chi connectivity index (χ3v) is 6.17. The number of thioether (sulfide) groups is 1. The zero-order chi connectivity index (χ0) is 21.7. The number of ether oxygens (including phenoxy) is 4. The number of aromatic nitrogens is 1. The Labute approximate surface area is 181 Å². The Kier molecular flexibility index (Phi) is 7.33. The van der Waals surface area contributed by atoms with Crippen molar-refractivity contribution in [3.63, 3.8) is 0 Å². The second kappa shape index (κ2) is 9.94. The van der Waals surface area contributed by atoms with Gasteiger partial charge in [0.1, 0.15) is 5.75 Å². The van der Waals surface area contributed by atoms with Crippen molar-refractivity contribution in [2.75, 3.05) is 5.75 Å². The minimum atomic E-state index is -0.986. The maximum Gasteiger partial charge on any atom is 0.303 e. The molecule has 1 aliphatic heterocycles. The van der Waals surface area contributed by atoms with E-state index in [0.717, 1.165) is 10.6 Å². The summed E-state index contributed by atoms with van der Waals surface area (Å²) in [7, 11) is 0. The second-order valence-electron chi connectivity index (χ2n) is 6.47. The summed E-state index contributed by atoms with van der Waals surface area (Å²) in [5.41, 5.74) is 0.136. The maximum absolute atomic E-state index is 11.7. The van der Waals surface area contributed by atoms with Crippen LogP contribution in [-0.2, 0) is 28.6 Å². The highest BCUT2D eigenvalue weighted by molar-refractivity contribution is 7.99. The van der Waals surface area contributed by atoms with Crippen molar-refractivity contribution in [3.05, 3.63) is 35.8 Å². The molecule has 0 bridgehead atoms. The highest BCUT2D eigenvalue weighted by Crippen LogP contribution is 2.34. The Morgan fingerprint density at radius 1 is 0.967 bits per heavy atom. The topological polar surface area (TPSA) is 101 Å². The molecule has 4 atom stereocenters. The molecular formula is C20H21NO7S2. The summed E-state index contributed by atoms with van der Waals surface area (Å²) >= 11 is 2.88. The fraction of sp³-hybridized carbons (Fsp3) is 0.400. The molecule has 0 spiro atoms. The summed E-state index contributed by atoms with van der Waals surface area (Å²) < 4.78 is 22.0. The number of hydrogen-bond donors (Lipinski definition) is 0. The lowest BCUT2D eigenvalue weighted by molar-refractivity contribution is -0.186. The van der Waals surface area contributed by atoms with E-state index in [1.54, 1.807) is 23.6 Å². The van der Waals surface area contributed by atoms with E-state index < -0.39 is 41.7 Å². The predicted molar refractivity (Wildman–Crippen MR) is 111 cm³/mol. The lowest BCUT2D eigenvalue weighted by Gasteiger charge is -2.39. The van der Waals surface area contributed by atoms with Crippen LogP contribution in [0.5, 0.6) is 5.75 Å². The van der Waals surface area contributed by atoms with Gasteiger partial charge < -0.3 is 18.9 Å². The van der Waals surface area contributed by atoms with Crippen molar-refractivity contribution >= 4 is 41.0 Å². The molecule has 0 radical (unpaired) electrons. The van der Waals surface area contributed by atoms with Gasteiger partial charge in [-0.25, -0.2) is 0 Å². The molecule has 8 nitrogen and oxygen atoms in total. The minimum Gasteiger partial charge on any atom is -0.474 e. The van der Waals surface area contributed by atoms with Gasteiger partial charge >= 0.3 is 17.9 Å². The Bertz CT molecular complexity index is 885. The quantitative estimate of drug-likeness (QED) is 0.484. The number of esters is 3. The van der Waals surface area contributed by atoms with Crippen LogP contribution in [0.15, 0.2) is 35.8 Å². The van der Waals surface area contributed by atoms with Crippen molar-refractivity contribution in [1.29, 1.82) is 0 Å². The molecular weight excluding hydrogens is 430 g/mol. The van der Waals surface area contributed by atoms with Gasteiger partial charge in [0.15, 0.2) is 23.7 Å². The van der Waals surface area contributed by atoms with Gasteiger partial charge in [-0.15, -0.1) is 23.1 Å². The Morgan fingerprint density at radius 3 is 2.23 bits per heavy atom. The lowest BCUT2D eigenvalue weighted by atomic mass is 10.1. The van der Waals surface area contributed by atoms with Crippen molar-refractivity contribution in [3.8, 4) is 16.3 Å². The van der Waals surface area contributed by atoms with E-state index in [1.165, 1.54) is 32.5 Å². The molecule has 0 saturated carbocycles. The monoisotopic (exact) mass is 451 g/mol. The van der Waals surface area contributed by atoms with Gasteiger partial charge in [-0.05, 0) is 23.6 Å². The molecule has 10 heteroatoms. The smallest absolute Gasteiger partial charge is 0.303 e. The largest absolute Gasteiger partial charge is 0.474 e. The fourth-order valence-corrected chi connectivity index (χ4v) is 4.88. The standard InChI is InChI=1S/C20H21NO7S2/c1-11(22)25-16-10-30-20(19(27-13(3)24)18(16)26-12(2)23)28-14-6-7-15(21-9-14)17-5-4-8-29-17/h4-9,16,18-20H,10H2,1-3H3/t16-,18+,19-,20+/m1/s1. The predicted octanol–water partition coefficient (Wildman–Crippen LogP) is 3.06. The van der Waals surface area contributed by atoms with Crippen LogP contribution < -0.4 is 4.74 Å². The van der Waals surface area contributed by atoms with Gasteiger partial charge in [0.2, 0.25) is 0 Å². The minimum absolute atomic E-state index is 0.306. The van der Waals surface area contributed by atoms with Crippen molar-refractivity contribution < 1.29 is 33.3 Å². The molecule has 2 aromatic heterocycles. The average Bonchev–Trinajstić information content (AvgIpc) is 3.20. The van der Waals surface area contributed by atoms with Crippen LogP contribution in [0.4, 0.5) is 0 Å². The van der Waals surface area contributed by atoms with Crippen LogP contribution in [-0.4, -0.2) is 52.4 Å². The van der Waals surface area contributed by atoms with Crippen molar-refractivity contribution in [1.82, 2.24) is 4.98 Å². The van der Waals surface area contributed by atoms with Crippen molar-refractivity contribution in [2.45, 2.75) is 44.5 Å². The highest BCUT2D eigenvalue weighted by atomic mass is 32.2. The summed E-state index contributed by atoms with van der Waals surface area (Å²) in [5, 5.41) is 1.97. The highest BCUT2D eigenvalue weighted by Gasteiger charge is 2.47. The Hall–Kier alpha value is -2.59. The Balaban J connectivity index is 1.80. The van der Waals surface area contributed by atoms with Gasteiger partial charge in [0, 0.05) is 26.5 Å². The molecule has 1 fully saturated rings. The van der Waals surface area contributed by atoms with E-state index in [1.807, 2.05) is 23.6 Å². The first kappa shape index (κ1) is 22.1. The van der Waals surface area contributed by atoms with Gasteiger partial charge in [0.25, 0.3) is 0 Å². The second-order valence-corrected chi connectivity index (χ2v) is 8.55. The molecule has 30 heavy (non-hydrogen) atoms. The van der Waals surface area contributed by atoms with Crippen LogP contribution in [0.2, 0.25) is 0 Å². The van der Waals surface area contributed by atoms with Crippen LogP contribution in [0, 0.1) is 0 Å². The van der Waals surface area contributed by atoms with Crippen LogP contribution in [0.3, 0.4) is 0 Å². The first-order valence-electron chi connectivity index (χ1n) is 9.13. The molecule has 1 saturated heterocycles. The van der Waals surface area contributed by atoms with Gasteiger partial charge in [-0.3, -0.25) is 19.4 Å².